The fraction of sp³-hybridized carbons (Fsp3) is 0.417. The van der Waals surface area contributed by atoms with Crippen molar-refractivity contribution in [1.82, 2.24) is 9.97 Å². The first-order valence-corrected chi connectivity index (χ1v) is 10.5. The maximum absolute atomic E-state index is 10.2. The number of nitrogens with zero attached hydrogens (tertiary/aromatic N) is 3. The van der Waals surface area contributed by atoms with Crippen LogP contribution in [0.25, 0.3) is 22.2 Å². The van der Waals surface area contributed by atoms with Crippen molar-refractivity contribution in [2.45, 2.75) is 25.4 Å². The lowest BCUT2D eigenvalue weighted by molar-refractivity contribution is 0.0350. The van der Waals surface area contributed by atoms with Crippen LogP contribution >= 0.6 is 0 Å². The molecule has 1 fully saturated rings. The number of methoxy groups -OCH3 is 2. The van der Waals surface area contributed by atoms with Crippen LogP contribution in [0.15, 0.2) is 42.6 Å². The first-order valence-electron chi connectivity index (χ1n) is 10.5. The van der Waals surface area contributed by atoms with Gasteiger partial charge in [-0.05, 0) is 49.6 Å². The lowest BCUT2D eigenvalue weighted by Crippen LogP contribution is -2.42. The maximum atomic E-state index is 10.2. The summed E-state index contributed by atoms with van der Waals surface area (Å²) >= 11 is 0. The number of hydrogen-bond donors (Lipinski definition) is 1. The molecule has 0 bridgehead atoms. The van der Waals surface area contributed by atoms with Gasteiger partial charge in [0.05, 0.1) is 25.5 Å². The zero-order valence-electron chi connectivity index (χ0n) is 18.3. The summed E-state index contributed by atoms with van der Waals surface area (Å²) in [5.41, 5.74) is 2.86. The Balaban J connectivity index is 1.69. The first kappa shape index (κ1) is 21.3. The second kappa shape index (κ2) is 9.08. The number of piperidine rings is 1. The molecule has 0 amide bonds. The van der Waals surface area contributed by atoms with Crippen molar-refractivity contribution in [2.75, 3.05) is 45.4 Å². The van der Waals surface area contributed by atoms with Gasteiger partial charge in [-0.25, -0.2) is 9.97 Å². The lowest BCUT2D eigenvalue weighted by Gasteiger charge is -2.36. The summed E-state index contributed by atoms with van der Waals surface area (Å²) in [6.07, 6.45) is 3.23. The molecule has 0 spiro atoms. The van der Waals surface area contributed by atoms with Crippen molar-refractivity contribution < 1.29 is 19.3 Å². The predicted octanol–water partition coefficient (Wildman–Crippen LogP) is 3.68. The lowest BCUT2D eigenvalue weighted by atomic mass is 9.94. The van der Waals surface area contributed by atoms with Gasteiger partial charge in [0.1, 0.15) is 35.0 Å². The molecule has 1 aromatic heterocycles. The van der Waals surface area contributed by atoms with E-state index in [1.165, 1.54) is 0 Å². The molecule has 7 nitrogen and oxygen atoms in total. The van der Waals surface area contributed by atoms with Gasteiger partial charge in [0.15, 0.2) is 0 Å². The summed E-state index contributed by atoms with van der Waals surface area (Å²) in [4.78, 5) is 11.8. The van der Waals surface area contributed by atoms with E-state index in [0.29, 0.717) is 31.8 Å². The minimum atomic E-state index is -0.609. The summed E-state index contributed by atoms with van der Waals surface area (Å²) < 4.78 is 16.4. The number of fused-ring (bicyclic) bond motifs is 1. The molecule has 7 heteroatoms. The van der Waals surface area contributed by atoms with Crippen molar-refractivity contribution in [3.63, 3.8) is 0 Å². The van der Waals surface area contributed by atoms with E-state index < -0.39 is 5.60 Å². The van der Waals surface area contributed by atoms with E-state index in [0.717, 1.165) is 46.8 Å². The van der Waals surface area contributed by atoms with E-state index in [2.05, 4.69) is 4.90 Å². The minimum absolute atomic E-state index is 0.495. The first-order chi connectivity index (χ1) is 15.0. The fourth-order valence-electron chi connectivity index (χ4n) is 3.83. The summed E-state index contributed by atoms with van der Waals surface area (Å²) in [6, 6.07) is 11.9. The third-order valence-corrected chi connectivity index (χ3v) is 5.74. The standard InChI is InChI=1S/C24H29N3O4/c1-24(28)9-11-27(12-10-24)21-16-25-22-19(7-8-20(30-3)23(22)26-21)17-5-4-6-18(15-17)31-14-13-29-2/h4-8,15-16,28H,9-14H2,1-3H3. The van der Waals surface area contributed by atoms with Gasteiger partial charge in [-0.1, -0.05) is 12.1 Å². The average Bonchev–Trinajstić information content (AvgIpc) is 2.78. The molecule has 164 valence electrons. The van der Waals surface area contributed by atoms with E-state index >= 15 is 0 Å². The summed E-state index contributed by atoms with van der Waals surface area (Å²) in [5.74, 6) is 2.27. The number of hydrogen-bond acceptors (Lipinski definition) is 7. The third-order valence-electron chi connectivity index (χ3n) is 5.74. The average molecular weight is 424 g/mol. The van der Waals surface area contributed by atoms with Gasteiger partial charge in [-0.3, -0.25) is 0 Å². The molecule has 0 unspecified atom stereocenters. The second-order valence-electron chi connectivity index (χ2n) is 8.09. The highest BCUT2D eigenvalue weighted by atomic mass is 16.5. The van der Waals surface area contributed by atoms with E-state index in [9.17, 15) is 5.11 Å². The summed E-state index contributed by atoms with van der Waals surface area (Å²) in [5, 5.41) is 10.2. The monoisotopic (exact) mass is 423 g/mol. The van der Waals surface area contributed by atoms with Gasteiger partial charge >= 0.3 is 0 Å². The minimum Gasteiger partial charge on any atom is -0.494 e. The topological polar surface area (TPSA) is 76.9 Å². The Morgan fingerprint density at radius 1 is 1.06 bits per heavy atom. The van der Waals surface area contributed by atoms with Crippen molar-refractivity contribution in [3.8, 4) is 22.6 Å². The molecular formula is C24H29N3O4. The summed E-state index contributed by atoms with van der Waals surface area (Å²) in [6.45, 7) is 4.41. The van der Waals surface area contributed by atoms with Crippen LogP contribution in [-0.2, 0) is 4.74 Å². The van der Waals surface area contributed by atoms with Crippen LogP contribution in [0.4, 0.5) is 5.82 Å². The number of ether oxygens (including phenoxy) is 3. The molecule has 4 rings (SSSR count). The van der Waals surface area contributed by atoms with Gasteiger partial charge in [-0.15, -0.1) is 0 Å². The van der Waals surface area contributed by atoms with Gasteiger partial charge in [0, 0.05) is 25.8 Å². The van der Waals surface area contributed by atoms with E-state index in [4.69, 9.17) is 24.2 Å². The highest BCUT2D eigenvalue weighted by Gasteiger charge is 2.28. The van der Waals surface area contributed by atoms with Crippen LogP contribution in [0.3, 0.4) is 0 Å². The smallest absolute Gasteiger partial charge is 0.148 e. The van der Waals surface area contributed by atoms with Crippen molar-refractivity contribution in [3.05, 3.63) is 42.6 Å². The van der Waals surface area contributed by atoms with Crippen LogP contribution < -0.4 is 14.4 Å². The molecule has 3 aromatic rings. The van der Waals surface area contributed by atoms with Crippen LogP contribution in [-0.4, -0.2) is 61.2 Å². The molecule has 2 aromatic carbocycles. The Morgan fingerprint density at radius 3 is 2.61 bits per heavy atom. The number of benzene rings is 2. The molecular weight excluding hydrogens is 394 g/mol. The molecule has 0 radical (unpaired) electrons. The molecule has 0 atom stereocenters. The van der Waals surface area contributed by atoms with Crippen molar-refractivity contribution >= 4 is 16.9 Å². The van der Waals surface area contributed by atoms with Gasteiger partial charge in [-0.2, -0.15) is 0 Å². The van der Waals surface area contributed by atoms with Crippen molar-refractivity contribution in [1.29, 1.82) is 0 Å². The normalized spacial score (nSPS) is 15.8. The molecule has 0 aliphatic carbocycles. The number of rotatable bonds is 7. The van der Waals surface area contributed by atoms with Gasteiger partial charge in [0.25, 0.3) is 0 Å². The largest absolute Gasteiger partial charge is 0.494 e. The second-order valence-corrected chi connectivity index (χ2v) is 8.09. The molecule has 1 saturated heterocycles. The third kappa shape index (κ3) is 4.73. The number of anilines is 1. The Kier molecular flexibility index (Phi) is 6.25. The Hall–Kier alpha value is -2.90. The SMILES string of the molecule is COCCOc1cccc(-c2ccc(OC)c3nc(N4CCC(C)(O)CC4)cnc23)c1. The highest BCUT2D eigenvalue weighted by Crippen LogP contribution is 2.35. The maximum Gasteiger partial charge on any atom is 0.148 e. The Labute approximate surface area is 182 Å². The number of aromatic nitrogens is 2. The molecule has 1 aliphatic heterocycles. The van der Waals surface area contributed by atoms with Gasteiger partial charge < -0.3 is 24.2 Å². The Morgan fingerprint density at radius 2 is 1.87 bits per heavy atom. The predicted molar refractivity (Wildman–Crippen MR) is 121 cm³/mol. The highest BCUT2D eigenvalue weighted by molar-refractivity contribution is 5.95. The Bertz CT molecular complexity index is 1040. The molecule has 1 N–H and O–H groups in total. The van der Waals surface area contributed by atoms with Crippen LogP contribution in [0.2, 0.25) is 0 Å². The molecule has 0 saturated carbocycles. The van der Waals surface area contributed by atoms with E-state index in [1.807, 2.05) is 49.5 Å². The molecule has 2 heterocycles. The zero-order chi connectivity index (χ0) is 21.8. The van der Waals surface area contributed by atoms with Crippen LogP contribution in [0, 0.1) is 0 Å². The fourth-order valence-corrected chi connectivity index (χ4v) is 3.83. The summed E-state index contributed by atoms with van der Waals surface area (Å²) in [7, 11) is 3.30. The van der Waals surface area contributed by atoms with Crippen LogP contribution in [0.1, 0.15) is 19.8 Å². The van der Waals surface area contributed by atoms with Crippen molar-refractivity contribution in [2.24, 2.45) is 0 Å². The van der Waals surface area contributed by atoms with Crippen LogP contribution in [0.5, 0.6) is 11.5 Å². The van der Waals surface area contributed by atoms with E-state index in [1.54, 1.807) is 14.2 Å². The molecule has 31 heavy (non-hydrogen) atoms. The number of aliphatic hydroxyl groups is 1. The van der Waals surface area contributed by atoms with Gasteiger partial charge in [0.2, 0.25) is 0 Å². The molecule has 1 aliphatic rings. The zero-order valence-corrected chi connectivity index (χ0v) is 18.3. The van der Waals surface area contributed by atoms with E-state index in [-0.39, 0.29) is 0 Å². The quantitative estimate of drug-likeness (QED) is 0.581.